The normalized spacial score (nSPS) is 14.7. The second-order valence-corrected chi connectivity index (χ2v) is 7.04. The van der Waals surface area contributed by atoms with Crippen molar-refractivity contribution in [1.82, 2.24) is 4.90 Å². The Bertz CT molecular complexity index is 908. The van der Waals surface area contributed by atoms with Gasteiger partial charge in [-0.3, -0.25) is 9.59 Å². The summed E-state index contributed by atoms with van der Waals surface area (Å²) >= 11 is 0. The summed E-state index contributed by atoms with van der Waals surface area (Å²) in [7, 11) is 0. The summed E-state index contributed by atoms with van der Waals surface area (Å²) in [5.74, 6) is -0.969. The van der Waals surface area contributed by atoms with Gasteiger partial charge in [-0.15, -0.1) is 0 Å². The molecule has 0 radical (unpaired) electrons. The molecule has 5 N–H and O–H groups in total. The SMILES string of the molecule is CC1(C(=O)Nc2cccc(C(N)=O)c2N)CN(C(=O)OCc2ccccc2)C1. The molecule has 0 saturated carbocycles. The van der Waals surface area contributed by atoms with Crippen molar-refractivity contribution in [3.8, 4) is 0 Å². The van der Waals surface area contributed by atoms with E-state index in [0.29, 0.717) is 5.69 Å². The molecule has 3 rings (SSSR count). The van der Waals surface area contributed by atoms with E-state index in [1.165, 1.54) is 11.0 Å². The Balaban J connectivity index is 1.56. The zero-order valence-electron chi connectivity index (χ0n) is 15.5. The highest BCUT2D eigenvalue weighted by molar-refractivity contribution is 6.05. The molecule has 0 unspecified atom stereocenters. The number of benzene rings is 2. The molecule has 0 spiro atoms. The molecule has 0 aliphatic carbocycles. The number of amides is 3. The fraction of sp³-hybridized carbons (Fsp3) is 0.250. The average molecular weight is 382 g/mol. The molecule has 1 aliphatic heterocycles. The summed E-state index contributed by atoms with van der Waals surface area (Å²) < 4.78 is 5.27. The van der Waals surface area contributed by atoms with Crippen molar-refractivity contribution < 1.29 is 19.1 Å². The summed E-state index contributed by atoms with van der Waals surface area (Å²) in [5, 5.41) is 2.71. The van der Waals surface area contributed by atoms with E-state index in [2.05, 4.69) is 5.32 Å². The molecule has 0 bridgehead atoms. The minimum atomic E-state index is -0.777. The maximum absolute atomic E-state index is 12.6. The highest BCUT2D eigenvalue weighted by Crippen LogP contribution is 2.33. The monoisotopic (exact) mass is 382 g/mol. The quantitative estimate of drug-likeness (QED) is 0.681. The Morgan fingerprint density at radius 2 is 1.79 bits per heavy atom. The number of hydrogen-bond acceptors (Lipinski definition) is 5. The van der Waals surface area contributed by atoms with Gasteiger partial charge >= 0.3 is 6.09 Å². The van der Waals surface area contributed by atoms with Crippen LogP contribution in [0, 0.1) is 5.41 Å². The molecule has 1 aliphatic rings. The van der Waals surface area contributed by atoms with Gasteiger partial charge in [0, 0.05) is 13.1 Å². The van der Waals surface area contributed by atoms with Gasteiger partial charge in [-0.2, -0.15) is 0 Å². The number of carbonyl (C=O) groups excluding carboxylic acids is 3. The van der Waals surface area contributed by atoms with Gasteiger partial charge in [-0.05, 0) is 24.6 Å². The predicted octanol–water partition coefficient (Wildman–Crippen LogP) is 1.96. The Kier molecular flexibility index (Phi) is 5.21. The van der Waals surface area contributed by atoms with Crippen LogP contribution in [0.3, 0.4) is 0 Å². The lowest BCUT2D eigenvalue weighted by molar-refractivity contribution is -0.132. The van der Waals surface area contributed by atoms with E-state index in [-0.39, 0.29) is 36.9 Å². The number of carbonyl (C=O) groups is 3. The van der Waals surface area contributed by atoms with Gasteiger partial charge in [0.2, 0.25) is 5.91 Å². The average Bonchev–Trinajstić information content (AvgIpc) is 2.65. The minimum absolute atomic E-state index is 0.116. The molecule has 2 aromatic rings. The predicted molar refractivity (Wildman–Crippen MR) is 104 cm³/mol. The van der Waals surface area contributed by atoms with Crippen LogP contribution in [-0.2, 0) is 16.1 Å². The van der Waals surface area contributed by atoms with Gasteiger partial charge in [-0.25, -0.2) is 4.79 Å². The van der Waals surface area contributed by atoms with E-state index in [9.17, 15) is 14.4 Å². The van der Waals surface area contributed by atoms with Crippen LogP contribution in [0.2, 0.25) is 0 Å². The molecule has 146 valence electrons. The van der Waals surface area contributed by atoms with Crippen molar-refractivity contribution in [2.45, 2.75) is 13.5 Å². The lowest BCUT2D eigenvalue weighted by Gasteiger charge is -2.45. The van der Waals surface area contributed by atoms with E-state index in [0.717, 1.165) is 5.56 Å². The summed E-state index contributed by atoms with van der Waals surface area (Å²) in [4.78, 5) is 37.6. The number of nitrogens with two attached hydrogens (primary N) is 2. The van der Waals surface area contributed by atoms with Crippen LogP contribution in [0.15, 0.2) is 48.5 Å². The van der Waals surface area contributed by atoms with Crippen molar-refractivity contribution in [2.75, 3.05) is 24.1 Å². The van der Waals surface area contributed by atoms with E-state index >= 15 is 0 Å². The van der Waals surface area contributed by atoms with E-state index in [1.807, 2.05) is 30.3 Å². The number of hydrogen-bond donors (Lipinski definition) is 3. The summed E-state index contributed by atoms with van der Waals surface area (Å²) in [6.07, 6.45) is -0.468. The molecular formula is C20H22N4O4. The summed E-state index contributed by atoms with van der Waals surface area (Å²) in [6, 6.07) is 14.0. The van der Waals surface area contributed by atoms with Crippen LogP contribution in [0.25, 0.3) is 0 Å². The van der Waals surface area contributed by atoms with Gasteiger partial charge in [0.1, 0.15) is 6.61 Å². The Morgan fingerprint density at radius 1 is 1.11 bits per heavy atom. The highest BCUT2D eigenvalue weighted by Gasteiger charge is 2.48. The molecule has 1 saturated heterocycles. The molecule has 0 atom stereocenters. The molecule has 0 aromatic heterocycles. The lowest BCUT2D eigenvalue weighted by Crippen LogP contribution is -2.62. The third kappa shape index (κ3) is 3.90. The first-order valence-electron chi connectivity index (χ1n) is 8.75. The van der Waals surface area contributed by atoms with Crippen LogP contribution >= 0.6 is 0 Å². The number of nitrogen functional groups attached to an aromatic ring is 1. The number of rotatable bonds is 5. The summed E-state index contributed by atoms with van der Waals surface area (Å²) in [6.45, 7) is 2.37. The van der Waals surface area contributed by atoms with Crippen molar-refractivity contribution in [1.29, 1.82) is 0 Å². The summed E-state index contributed by atoms with van der Waals surface area (Å²) in [5.41, 5.74) is 11.9. The second-order valence-electron chi connectivity index (χ2n) is 7.04. The lowest BCUT2D eigenvalue weighted by atomic mass is 9.81. The zero-order valence-corrected chi connectivity index (χ0v) is 15.5. The second kappa shape index (κ2) is 7.59. The first-order valence-corrected chi connectivity index (χ1v) is 8.75. The van der Waals surface area contributed by atoms with Gasteiger partial charge in [0.15, 0.2) is 0 Å². The van der Waals surface area contributed by atoms with Crippen molar-refractivity contribution in [3.63, 3.8) is 0 Å². The van der Waals surface area contributed by atoms with E-state index < -0.39 is 17.4 Å². The first-order chi connectivity index (χ1) is 13.3. The molecule has 1 heterocycles. The fourth-order valence-corrected chi connectivity index (χ4v) is 3.04. The number of likely N-dealkylation sites (tertiary alicyclic amines) is 1. The Hall–Kier alpha value is -3.55. The maximum Gasteiger partial charge on any atom is 0.410 e. The number of nitrogens with zero attached hydrogens (tertiary/aromatic N) is 1. The number of ether oxygens (including phenoxy) is 1. The van der Waals surface area contributed by atoms with Crippen molar-refractivity contribution in [3.05, 3.63) is 59.7 Å². The van der Waals surface area contributed by atoms with Crippen molar-refractivity contribution >= 4 is 29.3 Å². The van der Waals surface area contributed by atoms with Gasteiger partial charge in [0.05, 0.1) is 22.4 Å². The van der Waals surface area contributed by atoms with Crippen molar-refractivity contribution in [2.24, 2.45) is 11.1 Å². The molecule has 1 fully saturated rings. The van der Waals surface area contributed by atoms with E-state index in [1.54, 1.807) is 19.1 Å². The molecular weight excluding hydrogens is 360 g/mol. The highest BCUT2D eigenvalue weighted by atomic mass is 16.6. The number of nitrogens with one attached hydrogen (secondary N) is 1. The number of para-hydroxylation sites is 1. The molecule has 28 heavy (non-hydrogen) atoms. The number of primary amides is 1. The fourth-order valence-electron chi connectivity index (χ4n) is 3.04. The third-order valence-electron chi connectivity index (χ3n) is 4.71. The van der Waals surface area contributed by atoms with Crippen LogP contribution in [0.1, 0.15) is 22.8 Å². The van der Waals surface area contributed by atoms with E-state index in [4.69, 9.17) is 16.2 Å². The molecule has 8 nitrogen and oxygen atoms in total. The molecule has 8 heteroatoms. The Morgan fingerprint density at radius 3 is 2.43 bits per heavy atom. The maximum atomic E-state index is 12.6. The first kappa shape index (κ1) is 19.2. The van der Waals surface area contributed by atoms with Crippen LogP contribution < -0.4 is 16.8 Å². The van der Waals surface area contributed by atoms with Gasteiger partial charge in [-0.1, -0.05) is 36.4 Å². The number of anilines is 2. The largest absolute Gasteiger partial charge is 0.445 e. The smallest absolute Gasteiger partial charge is 0.410 e. The minimum Gasteiger partial charge on any atom is -0.445 e. The zero-order chi connectivity index (χ0) is 20.3. The van der Waals surface area contributed by atoms with Crippen LogP contribution in [0.4, 0.5) is 16.2 Å². The van der Waals surface area contributed by atoms with Crippen LogP contribution in [-0.4, -0.2) is 35.9 Å². The molecule has 2 aromatic carbocycles. The Labute approximate surface area is 162 Å². The third-order valence-corrected chi connectivity index (χ3v) is 4.71. The standard InChI is InChI=1S/C20H22N4O4/c1-20(18(26)23-15-9-5-8-14(16(15)21)17(22)25)11-24(12-20)19(27)28-10-13-6-3-2-4-7-13/h2-9H,10-12,21H2,1H3,(H2,22,25)(H,23,26). The molecule has 3 amide bonds. The van der Waals surface area contributed by atoms with Gasteiger partial charge < -0.3 is 26.4 Å². The van der Waals surface area contributed by atoms with Crippen LogP contribution in [0.5, 0.6) is 0 Å². The topological polar surface area (TPSA) is 128 Å². The van der Waals surface area contributed by atoms with Gasteiger partial charge in [0.25, 0.3) is 5.91 Å².